The Labute approximate surface area is 168 Å². The van der Waals surface area contributed by atoms with E-state index >= 15 is 0 Å². The molecule has 4 rings (SSSR count). The molecule has 0 amide bonds. The normalized spacial score (nSPS) is 12.4. The van der Waals surface area contributed by atoms with E-state index in [-0.39, 0.29) is 17.1 Å². The van der Waals surface area contributed by atoms with Crippen molar-refractivity contribution in [2.75, 3.05) is 5.75 Å². The standard InChI is InChI=1S/C19H13N5O2S2/c20-10-13(18-21-14-5-1-2-6-16(14)28-18)15(25)11-27-19-22-17(23-24-19)8-7-12-4-3-9-26-12/h1-9,25H,11H2,(H,22,23,24)/b8-7?,15-13-. The molecule has 0 bridgehead atoms. The fraction of sp³-hybridized carbons (Fsp3) is 0.0526. The van der Waals surface area contributed by atoms with E-state index in [1.165, 1.54) is 23.1 Å². The van der Waals surface area contributed by atoms with E-state index in [0.717, 1.165) is 10.2 Å². The van der Waals surface area contributed by atoms with Crippen LogP contribution in [-0.4, -0.2) is 31.0 Å². The Kier molecular flexibility index (Phi) is 5.23. The van der Waals surface area contributed by atoms with Gasteiger partial charge in [-0.25, -0.2) is 9.97 Å². The number of fused-ring (bicyclic) bond motifs is 1. The molecule has 3 aromatic heterocycles. The van der Waals surface area contributed by atoms with Crippen molar-refractivity contribution in [3.05, 3.63) is 65.0 Å². The van der Waals surface area contributed by atoms with Crippen LogP contribution in [-0.2, 0) is 0 Å². The summed E-state index contributed by atoms with van der Waals surface area (Å²) in [5.41, 5.74) is 0.972. The maximum atomic E-state index is 10.4. The molecule has 28 heavy (non-hydrogen) atoms. The molecule has 0 aliphatic rings. The van der Waals surface area contributed by atoms with E-state index < -0.39 is 0 Å². The quantitative estimate of drug-likeness (QED) is 0.269. The summed E-state index contributed by atoms with van der Waals surface area (Å²) in [5.74, 6) is 1.39. The van der Waals surface area contributed by atoms with Crippen molar-refractivity contribution in [1.82, 2.24) is 20.2 Å². The molecule has 4 aromatic rings. The number of aromatic amines is 1. The Hall–Kier alpha value is -3.35. The lowest BCUT2D eigenvalue weighted by molar-refractivity contribution is 0.420. The second kappa shape index (κ2) is 8.12. The van der Waals surface area contributed by atoms with Crippen molar-refractivity contribution >= 4 is 51.0 Å². The zero-order valence-corrected chi connectivity index (χ0v) is 16.0. The van der Waals surface area contributed by atoms with Crippen LogP contribution >= 0.6 is 23.1 Å². The van der Waals surface area contributed by atoms with Crippen molar-refractivity contribution in [2.24, 2.45) is 0 Å². The zero-order valence-electron chi connectivity index (χ0n) is 14.4. The van der Waals surface area contributed by atoms with Gasteiger partial charge in [-0.15, -0.1) is 16.4 Å². The van der Waals surface area contributed by atoms with Crippen LogP contribution in [0.5, 0.6) is 0 Å². The van der Waals surface area contributed by atoms with Gasteiger partial charge >= 0.3 is 0 Å². The van der Waals surface area contributed by atoms with Gasteiger partial charge in [0.1, 0.15) is 34.0 Å². The Morgan fingerprint density at radius 1 is 1.25 bits per heavy atom. The number of H-pyrrole nitrogens is 1. The number of nitrogens with zero attached hydrogens (tertiary/aromatic N) is 4. The van der Waals surface area contributed by atoms with E-state index in [0.29, 0.717) is 21.7 Å². The highest BCUT2D eigenvalue weighted by Gasteiger charge is 2.15. The fourth-order valence-corrected chi connectivity index (χ4v) is 4.03. The second-order valence-electron chi connectivity index (χ2n) is 5.56. The van der Waals surface area contributed by atoms with Crippen molar-refractivity contribution in [2.45, 2.75) is 5.16 Å². The van der Waals surface area contributed by atoms with Gasteiger partial charge in [0.25, 0.3) is 0 Å². The largest absolute Gasteiger partial charge is 0.510 e. The molecular formula is C19H13N5O2S2. The van der Waals surface area contributed by atoms with Crippen LogP contribution in [0.4, 0.5) is 0 Å². The van der Waals surface area contributed by atoms with Gasteiger partial charge < -0.3 is 9.52 Å². The lowest BCUT2D eigenvalue weighted by atomic mass is 10.2. The van der Waals surface area contributed by atoms with Crippen LogP contribution in [0.2, 0.25) is 0 Å². The highest BCUT2D eigenvalue weighted by Crippen LogP contribution is 2.29. The number of thioether (sulfide) groups is 1. The zero-order chi connectivity index (χ0) is 19.3. The summed E-state index contributed by atoms with van der Waals surface area (Å²) in [5, 5.41) is 27.7. The summed E-state index contributed by atoms with van der Waals surface area (Å²) in [7, 11) is 0. The van der Waals surface area contributed by atoms with Crippen LogP contribution in [0.3, 0.4) is 0 Å². The van der Waals surface area contributed by atoms with Crippen LogP contribution in [0, 0.1) is 11.3 Å². The van der Waals surface area contributed by atoms with Crippen LogP contribution in [0.15, 0.2) is 58.0 Å². The summed E-state index contributed by atoms with van der Waals surface area (Å²) in [6, 6.07) is 13.3. The number of rotatable bonds is 6. The van der Waals surface area contributed by atoms with Crippen molar-refractivity contribution in [3.8, 4) is 6.07 Å². The minimum Gasteiger partial charge on any atom is -0.510 e. The third-order valence-corrected chi connectivity index (χ3v) is 5.59. The van der Waals surface area contributed by atoms with Gasteiger partial charge in [0.05, 0.1) is 22.2 Å². The number of aliphatic hydroxyl groups is 1. The molecule has 0 atom stereocenters. The number of thiazole rings is 1. The second-order valence-corrected chi connectivity index (χ2v) is 7.53. The minimum atomic E-state index is -0.0518. The number of allylic oxidation sites excluding steroid dienone is 1. The van der Waals surface area contributed by atoms with E-state index in [1.807, 2.05) is 30.3 Å². The lowest BCUT2D eigenvalue weighted by Crippen LogP contribution is -1.93. The third kappa shape index (κ3) is 3.98. The summed E-state index contributed by atoms with van der Waals surface area (Å²) < 4.78 is 6.18. The molecule has 1 aromatic carbocycles. The number of hydrogen-bond donors (Lipinski definition) is 2. The first-order valence-corrected chi connectivity index (χ1v) is 9.98. The SMILES string of the molecule is N#C/C(=C(/O)CSc1n[nH]c(C=Cc2ccco2)n1)c1nc2ccccc2s1. The van der Waals surface area contributed by atoms with E-state index in [1.54, 1.807) is 24.5 Å². The molecule has 2 N–H and O–H groups in total. The maximum absolute atomic E-state index is 10.4. The molecule has 0 spiro atoms. The third-order valence-electron chi connectivity index (χ3n) is 3.68. The molecule has 0 fully saturated rings. The number of aliphatic hydroxyl groups excluding tert-OH is 1. The molecule has 0 aliphatic heterocycles. The first kappa shape index (κ1) is 18.0. The van der Waals surface area contributed by atoms with Gasteiger partial charge in [0.15, 0.2) is 0 Å². The summed E-state index contributed by atoms with van der Waals surface area (Å²) in [6.45, 7) is 0. The van der Waals surface area contributed by atoms with E-state index in [4.69, 9.17) is 4.42 Å². The van der Waals surface area contributed by atoms with Gasteiger partial charge in [-0.1, -0.05) is 23.9 Å². The van der Waals surface area contributed by atoms with Crippen molar-refractivity contribution in [1.29, 1.82) is 5.26 Å². The van der Waals surface area contributed by atoms with Gasteiger partial charge in [-0.05, 0) is 36.4 Å². The molecule has 0 saturated carbocycles. The summed E-state index contributed by atoms with van der Waals surface area (Å²) in [4.78, 5) is 8.74. The predicted molar refractivity (Wildman–Crippen MR) is 110 cm³/mol. The number of furan rings is 1. The molecule has 0 aliphatic carbocycles. The smallest absolute Gasteiger partial charge is 0.209 e. The van der Waals surface area contributed by atoms with Crippen LogP contribution in [0.25, 0.3) is 27.9 Å². The van der Waals surface area contributed by atoms with Gasteiger partial charge in [-0.3, -0.25) is 5.10 Å². The average Bonchev–Trinajstić information content (AvgIpc) is 3.45. The molecular weight excluding hydrogens is 394 g/mol. The monoisotopic (exact) mass is 407 g/mol. The summed E-state index contributed by atoms with van der Waals surface area (Å²) >= 11 is 2.60. The maximum Gasteiger partial charge on any atom is 0.209 e. The Morgan fingerprint density at radius 3 is 2.93 bits per heavy atom. The van der Waals surface area contributed by atoms with Crippen LogP contribution < -0.4 is 0 Å². The number of nitrogens with one attached hydrogen (secondary N) is 1. The molecule has 138 valence electrons. The fourth-order valence-electron chi connectivity index (χ4n) is 2.36. The number of nitriles is 1. The lowest BCUT2D eigenvalue weighted by Gasteiger charge is -1.99. The highest BCUT2D eigenvalue weighted by atomic mass is 32.2. The van der Waals surface area contributed by atoms with Gasteiger partial charge in [0.2, 0.25) is 5.16 Å². The molecule has 7 nitrogen and oxygen atoms in total. The highest BCUT2D eigenvalue weighted by molar-refractivity contribution is 7.99. The molecule has 0 radical (unpaired) electrons. The summed E-state index contributed by atoms with van der Waals surface area (Å²) in [6.07, 6.45) is 5.11. The first-order valence-electron chi connectivity index (χ1n) is 8.18. The van der Waals surface area contributed by atoms with E-state index in [2.05, 4.69) is 26.2 Å². The molecule has 9 heteroatoms. The van der Waals surface area contributed by atoms with Crippen LogP contribution in [0.1, 0.15) is 16.6 Å². The average molecular weight is 407 g/mol. The molecule has 0 saturated heterocycles. The molecule has 3 heterocycles. The van der Waals surface area contributed by atoms with Crippen molar-refractivity contribution in [3.63, 3.8) is 0 Å². The Bertz CT molecular complexity index is 1170. The Morgan fingerprint density at radius 2 is 2.14 bits per heavy atom. The number of benzene rings is 1. The Balaban J connectivity index is 1.46. The molecule has 0 unspecified atom stereocenters. The first-order chi connectivity index (χ1) is 13.7. The van der Waals surface area contributed by atoms with Crippen molar-refractivity contribution < 1.29 is 9.52 Å². The van der Waals surface area contributed by atoms with Gasteiger partial charge in [-0.2, -0.15) is 5.26 Å². The topological polar surface area (TPSA) is 112 Å². The number of para-hydroxylation sites is 1. The minimum absolute atomic E-state index is 0.0518. The number of aromatic nitrogens is 4. The van der Waals surface area contributed by atoms with Gasteiger partial charge in [0, 0.05) is 0 Å². The predicted octanol–water partition coefficient (Wildman–Crippen LogP) is 4.76. The number of hydrogen-bond acceptors (Lipinski definition) is 8. The van der Waals surface area contributed by atoms with E-state index in [9.17, 15) is 10.4 Å².